The molecule has 0 spiro atoms. The molecule has 1 aliphatic heterocycles. The van der Waals surface area contributed by atoms with Crippen molar-refractivity contribution in [2.24, 2.45) is 10.9 Å². The first-order valence-electron chi connectivity index (χ1n) is 7.01. The lowest BCUT2D eigenvalue weighted by Crippen LogP contribution is -2.24. The molecule has 0 radical (unpaired) electrons. The van der Waals surface area contributed by atoms with E-state index in [1.165, 1.54) is 5.56 Å². The predicted octanol–water partition coefficient (Wildman–Crippen LogP) is 2.17. The molecule has 5 heteroatoms. The lowest BCUT2D eigenvalue weighted by molar-refractivity contribution is 0.318. The van der Waals surface area contributed by atoms with Gasteiger partial charge in [-0.3, -0.25) is 4.98 Å². The molecule has 108 valence electrons. The molecule has 0 aliphatic carbocycles. The number of anilines is 1. The van der Waals surface area contributed by atoms with Gasteiger partial charge in [0.1, 0.15) is 0 Å². The first-order chi connectivity index (χ1) is 10.3. The third kappa shape index (κ3) is 2.67. The molecule has 1 atom stereocenters. The van der Waals surface area contributed by atoms with E-state index in [1.54, 1.807) is 18.5 Å². The Hall–Kier alpha value is -2.56. The van der Waals surface area contributed by atoms with Crippen molar-refractivity contribution < 1.29 is 5.21 Å². The van der Waals surface area contributed by atoms with Gasteiger partial charge in [-0.25, -0.2) is 0 Å². The molecular formula is C16H18N4O. The van der Waals surface area contributed by atoms with Crippen LogP contribution in [0.25, 0.3) is 0 Å². The fourth-order valence-corrected chi connectivity index (χ4v) is 2.88. The van der Waals surface area contributed by atoms with Gasteiger partial charge in [-0.05, 0) is 18.1 Å². The fraction of sp³-hybridized carbons (Fsp3) is 0.250. The molecule has 3 N–H and O–H groups in total. The van der Waals surface area contributed by atoms with Crippen LogP contribution in [-0.2, 0) is 0 Å². The van der Waals surface area contributed by atoms with E-state index in [0.717, 1.165) is 30.8 Å². The maximum absolute atomic E-state index is 8.91. The van der Waals surface area contributed by atoms with Gasteiger partial charge in [0.15, 0.2) is 5.84 Å². The minimum absolute atomic E-state index is 0.121. The molecule has 3 rings (SSSR count). The summed E-state index contributed by atoms with van der Waals surface area (Å²) in [6, 6.07) is 12.3. The van der Waals surface area contributed by atoms with Crippen LogP contribution in [0, 0.1) is 0 Å². The quantitative estimate of drug-likeness (QED) is 0.391. The van der Waals surface area contributed by atoms with E-state index in [0.29, 0.717) is 5.92 Å². The van der Waals surface area contributed by atoms with Gasteiger partial charge in [0, 0.05) is 30.8 Å². The van der Waals surface area contributed by atoms with Crippen LogP contribution >= 0.6 is 0 Å². The average Bonchev–Trinajstić information content (AvgIpc) is 3.05. The smallest absolute Gasteiger partial charge is 0.172 e. The Morgan fingerprint density at radius 2 is 2.10 bits per heavy atom. The summed E-state index contributed by atoms with van der Waals surface area (Å²) in [5.74, 6) is 0.627. The molecule has 1 unspecified atom stereocenters. The van der Waals surface area contributed by atoms with Gasteiger partial charge in [0.25, 0.3) is 0 Å². The lowest BCUT2D eigenvalue weighted by Gasteiger charge is -2.21. The fourth-order valence-electron chi connectivity index (χ4n) is 2.88. The number of rotatable bonds is 3. The number of aromatic nitrogens is 1. The third-order valence-corrected chi connectivity index (χ3v) is 3.98. The van der Waals surface area contributed by atoms with Crippen molar-refractivity contribution in [3.05, 3.63) is 59.9 Å². The molecule has 5 nitrogen and oxygen atoms in total. The molecule has 0 saturated carbocycles. The minimum Gasteiger partial charge on any atom is -0.409 e. The van der Waals surface area contributed by atoms with Gasteiger partial charge >= 0.3 is 0 Å². The van der Waals surface area contributed by atoms with Crippen molar-refractivity contribution in [1.29, 1.82) is 0 Å². The molecule has 0 amide bonds. The topological polar surface area (TPSA) is 74.7 Å². The molecule has 1 aromatic heterocycles. The number of hydrogen-bond acceptors (Lipinski definition) is 4. The molecule has 1 aromatic carbocycles. The zero-order valence-corrected chi connectivity index (χ0v) is 11.7. The number of nitrogens with two attached hydrogens (primary N) is 1. The summed E-state index contributed by atoms with van der Waals surface area (Å²) in [7, 11) is 0. The zero-order valence-electron chi connectivity index (χ0n) is 11.7. The van der Waals surface area contributed by atoms with Crippen molar-refractivity contribution in [2.45, 2.75) is 12.3 Å². The van der Waals surface area contributed by atoms with Crippen LogP contribution in [0.3, 0.4) is 0 Å². The highest BCUT2D eigenvalue weighted by molar-refractivity contribution is 6.02. The van der Waals surface area contributed by atoms with Crippen LogP contribution in [-0.4, -0.2) is 29.1 Å². The van der Waals surface area contributed by atoms with E-state index < -0.39 is 0 Å². The number of benzene rings is 1. The molecule has 21 heavy (non-hydrogen) atoms. The maximum Gasteiger partial charge on any atom is 0.172 e. The van der Waals surface area contributed by atoms with Crippen LogP contribution in [0.5, 0.6) is 0 Å². The molecule has 0 bridgehead atoms. The zero-order chi connectivity index (χ0) is 14.7. The first kappa shape index (κ1) is 13.4. The Morgan fingerprint density at radius 1 is 1.29 bits per heavy atom. The molecule has 1 saturated heterocycles. The predicted molar refractivity (Wildman–Crippen MR) is 82.8 cm³/mol. The number of oxime groups is 1. The second kappa shape index (κ2) is 5.83. The average molecular weight is 282 g/mol. The molecular weight excluding hydrogens is 264 g/mol. The van der Waals surface area contributed by atoms with Crippen molar-refractivity contribution in [2.75, 3.05) is 18.0 Å². The minimum atomic E-state index is 0.121. The Kier molecular flexibility index (Phi) is 3.73. The summed E-state index contributed by atoms with van der Waals surface area (Å²) in [5.41, 5.74) is 8.76. The van der Waals surface area contributed by atoms with Gasteiger partial charge in [-0.2, -0.15) is 0 Å². The second-order valence-electron chi connectivity index (χ2n) is 5.22. The van der Waals surface area contributed by atoms with Crippen LogP contribution < -0.4 is 10.6 Å². The molecule has 1 fully saturated rings. The van der Waals surface area contributed by atoms with Gasteiger partial charge in [-0.1, -0.05) is 35.5 Å². The molecule has 2 heterocycles. The van der Waals surface area contributed by atoms with Crippen LogP contribution in [0.2, 0.25) is 0 Å². The lowest BCUT2D eigenvalue weighted by atomic mass is 9.99. The van der Waals surface area contributed by atoms with E-state index in [1.807, 2.05) is 6.07 Å². The van der Waals surface area contributed by atoms with E-state index in [2.05, 4.69) is 39.3 Å². The van der Waals surface area contributed by atoms with Crippen LogP contribution in [0.15, 0.2) is 53.9 Å². The third-order valence-electron chi connectivity index (χ3n) is 3.98. The highest BCUT2D eigenvalue weighted by Gasteiger charge is 2.26. The summed E-state index contributed by atoms with van der Waals surface area (Å²) >= 11 is 0. The van der Waals surface area contributed by atoms with E-state index in [9.17, 15) is 0 Å². The van der Waals surface area contributed by atoms with Crippen molar-refractivity contribution >= 4 is 11.5 Å². The monoisotopic (exact) mass is 282 g/mol. The van der Waals surface area contributed by atoms with Gasteiger partial charge in [0.2, 0.25) is 0 Å². The largest absolute Gasteiger partial charge is 0.409 e. The highest BCUT2D eigenvalue weighted by Crippen LogP contribution is 2.31. The normalized spacial score (nSPS) is 19.0. The van der Waals surface area contributed by atoms with Gasteiger partial charge in [-0.15, -0.1) is 0 Å². The molecule has 1 aliphatic rings. The Morgan fingerprint density at radius 3 is 2.86 bits per heavy atom. The van der Waals surface area contributed by atoms with Gasteiger partial charge < -0.3 is 15.8 Å². The highest BCUT2D eigenvalue weighted by atomic mass is 16.4. The number of nitrogens with zero attached hydrogens (tertiary/aromatic N) is 3. The van der Waals surface area contributed by atoms with E-state index in [-0.39, 0.29) is 5.84 Å². The summed E-state index contributed by atoms with van der Waals surface area (Å²) in [6.07, 6.45) is 4.52. The van der Waals surface area contributed by atoms with Crippen LogP contribution in [0.1, 0.15) is 23.5 Å². The Bertz CT molecular complexity index is 642. The number of pyridine rings is 1. The molecule has 2 aromatic rings. The van der Waals surface area contributed by atoms with Gasteiger partial charge in [0.05, 0.1) is 11.9 Å². The van der Waals surface area contributed by atoms with Crippen molar-refractivity contribution in [3.63, 3.8) is 0 Å². The second-order valence-corrected chi connectivity index (χ2v) is 5.22. The first-order valence-corrected chi connectivity index (χ1v) is 7.01. The number of hydrogen-bond donors (Lipinski definition) is 2. The maximum atomic E-state index is 8.91. The van der Waals surface area contributed by atoms with E-state index in [4.69, 9.17) is 10.9 Å². The van der Waals surface area contributed by atoms with Crippen molar-refractivity contribution in [1.82, 2.24) is 4.98 Å². The Labute approximate surface area is 123 Å². The standard InChI is InChI=1S/C16H18N4O/c17-16(19-21)14-6-8-18-10-15(14)20-9-7-13(11-20)12-4-2-1-3-5-12/h1-6,8,10,13,21H,7,9,11H2,(H2,17,19). The SMILES string of the molecule is N/C(=N/O)c1ccncc1N1CCC(c2ccccc2)C1. The summed E-state index contributed by atoms with van der Waals surface area (Å²) in [5, 5.41) is 12.0. The summed E-state index contributed by atoms with van der Waals surface area (Å²) in [6.45, 7) is 1.86. The van der Waals surface area contributed by atoms with Crippen LogP contribution in [0.4, 0.5) is 5.69 Å². The van der Waals surface area contributed by atoms with Crippen molar-refractivity contribution in [3.8, 4) is 0 Å². The van der Waals surface area contributed by atoms with E-state index >= 15 is 0 Å². The Balaban J connectivity index is 1.84. The summed E-state index contributed by atoms with van der Waals surface area (Å²) < 4.78 is 0. The number of amidine groups is 1. The summed E-state index contributed by atoms with van der Waals surface area (Å²) in [4.78, 5) is 6.42.